The van der Waals surface area contributed by atoms with Crippen molar-refractivity contribution in [2.45, 2.75) is 18.4 Å². The third-order valence-corrected chi connectivity index (χ3v) is 1.98. The lowest BCUT2D eigenvalue weighted by atomic mass is 10.3. The molecule has 0 amide bonds. The predicted molar refractivity (Wildman–Crippen MR) is 38.2 cm³/mol. The summed E-state index contributed by atoms with van der Waals surface area (Å²) < 4.78 is 14.0. The molecule has 0 unspecified atom stereocenters. The summed E-state index contributed by atoms with van der Waals surface area (Å²) in [5, 5.41) is 3.82. The lowest BCUT2D eigenvalue weighted by molar-refractivity contribution is 0.535. The van der Waals surface area contributed by atoms with Gasteiger partial charge in [0.05, 0.1) is 12.4 Å². The first-order valence-corrected chi connectivity index (χ1v) is 3.45. The van der Waals surface area contributed by atoms with E-state index in [2.05, 4.69) is 11.0 Å². The van der Waals surface area contributed by atoms with Gasteiger partial charge in [-0.2, -0.15) is 5.10 Å². The molecule has 0 spiro atoms. The number of rotatable bonds is 1. The smallest absolute Gasteiger partial charge is 0.161 e. The molecule has 2 nitrogen and oxygen atoms in total. The Morgan fingerprint density at radius 2 is 2.45 bits per heavy atom. The Bertz CT molecular complexity index is 317. The first-order valence-electron chi connectivity index (χ1n) is 3.45. The van der Waals surface area contributed by atoms with Crippen molar-refractivity contribution in [3.05, 3.63) is 18.2 Å². The zero-order valence-corrected chi connectivity index (χ0v) is 5.92. The number of hydrogen-bond donors (Lipinski definition) is 0. The lowest BCUT2D eigenvalue weighted by Crippen LogP contribution is -2.14. The van der Waals surface area contributed by atoms with E-state index in [0.717, 1.165) is 12.8 Å². The molecule has 0 N–H and O–H groups in total. The Hall–Kier alpha value is -1.30. The van der Waals surface area contributed by atoms with Crippen LogP contribution < -0.4 is 0 Å². The van der Waals surface area contributed by atoms with Gasteiger partial charge in [0.2, 0.25) is 0 Å². The van der Waals surface area contributed by atoms with Crippen molar-refractivity contribution < 1.29 is 4.39 Å². The van der Waals surface area contributed by atoms with Crippen LogP contribution in [-0.2, 0) is 5.54 Å². The Morgan fingerprint density at radius 3 is 2.82 bits per heavy atom. The molecular weight excluding hydrogens is 143 g/mol. The maximum absolute atomic E-state index is 12.5. The van der Waals surface area contributed by atoms with Crippen LogP contribution in [0.1, 0.15) is 12.8 Å². The molecule has 0 radical (unpaired) electrons. The third-order valence-electron chi connectivity index (χ3n) is 1.98. The molecule has 1 aromatic heterocycles. The average Bonchev–Trinajstić information content (AvgIpc) is 2.70. The SMILES string of the molecule is C#CC1(n2cc(F)cn2)CC1. The molecule has 1 fully saturated rings. The summed E-state index contributed by atoms with van der Waals surface area (Å²) in [7, 11) is 0. The van der Waals surface area contributed by atoms with Crippen LogP contribution in [0.4, 0.5) is 4.39 Å². The second kappa shape index (κ2) is 1.85. The van der Waals surface area contributed by atoms with E-state index in [-0.39, 0.29) is 11.4 Å². The lowest BCUT2D eigenvalue weighted by Gasteiger charge is -2.05. The van der Waals surface area contributed by atoms with Crippen LogP contribution in [0.5, 0.6) is 0 Å². The maximum atomic E-state index is 12.5. The molecule has 1 aliphatic rings. The summed E-state index contributed by atoms with van der Waals surface area (Å²) >= 11 is 0. The fourth-order valence-corrected chi connectivity index (χ4v) is 1.09. The standard InChI is InChI=1S/C8H7FN2/c1-2-8(3-4-8)11-6-7(9)5-10-11/h1,5-6H,3-4H2. The van der Waals surface area contributed by atoms with Gasteiger partial charge in [-0.1, -0.05) is 5.92 Å². The molecule has 1 aliphatic carbocycles. The van der Waals surface area contributed by atoms with Gasteiger partial charge in [0.1, 0.15) is 5.54 Å². The van der Waals surface area contributed by atoms with Crippen molar-refractivity contribution in [1.82, 2.24) is 9.78 Å². The predicted octanol–water partition coefficient (Wildman–Crippen LogP) is 1.14. The molecule has 1 aromatic rings. The molecule has 2 rings (SSSR count). The molecule has 56 valence electrons. The number of terminal acetylenes is 1. The van der Waals surface area contributed by atoms with E-state index < -0.39 is 0 Å². The quantitative estimate of drug-likeness (QED) is 0.549. The minimum atomic E-state index is -0.327. The van der Waals surface area contributed by atoms with E-state index in [0.29, 0.717) is 0 Å². The molecule has 0 atom stereocenters. The second-order valence-corrected chi connectivity index (χ2v) is 2.78. The fraction of sp³-hybridized carbons (Fsp3) is 0.375. The number of halogens is 1. The van der Waals surface area contributed by atoms with Gasteiger partial charge in [-0.15, -0.1) is 6.42 Å². The van der Waals surface area contributed by atoms with Crippen LogP contribution in [0.15, 0.2) is 12.4 Å². The van der Waals surface area contributed by atoms with Crippen molar-refractivity contribution in [2.24, 2.45) is 0 Å². The van der Waals surface area contributed by atoms with E-state index in [1.165, 1.54) is 17.1 Å². The summed E-state index contributed by atoms with van der Waals surface area (Å²) in [4.78, 5) is 0. The van der Waals surface area contributed by atoms with Crippen LogP contribution in [0.25, 0.3) is 0 Å². The maximum Gasteiger partial charge on any atom is 0.161 e. The Labute approximate surface area is 64.0 Å². The van der Waals surface area contributed by atoms with Gasteiger partial charge in [-0.05, 0) is 12.8 Å². The second-order valence-electron chi connectivity index (χ2n) is 2.78. The monoisotopic (exact) mass is 150 g/mol. The molecule has 1 heterocycles. The first-order chi connectivity index (χ1) is 5.27. The van der Waals surface area contributed by atoms with Crippen LogP contribution >= 0.6 is 0 Å². The molecule has 0 bridgehead atoms. The van der Waals surface area contributed by atoms with Crippen molar-refractivity contribution in [3.63, 3.8) is 0 Å². The molecule has 11 heavy (non-hydrogen) atoms. The van der Waals surface area contributed by atoms with Gasteiger partial charge in [-0.25, -0.2) is 4.39 Å². The number of aromatic nitrogens is 2. The van der Waals surface area contributed by atoms with E-state index >= 15 is 0 Å². The van der Waals surface area contributed by atoms with Gasteiger partial charge in [-0.3, -0.25) is 4.68 Å². The molecule has 1 saturated carbocycles. The van der Waals surface area contributed by atoms with Crippen molar-refractivity contribution in [2.75, 3.05) is 0 Å². The third kappa shape index (κ3) is 0.829. The van der Waals surface area contributed by atoms with Gasteiger partial charge in [0.15, 0.2) is 5.82 Å². The summed E-state index contributed by atoms with van der Waals surface area (Å²) in [5.74, 6) is 2.29. The van der Waals surface area contributed by atoms with Gasteiger partial charge < -0.3 is 0 Å². The number of nitrogens with zero attached hydrogens (tertiary/aromatic N) is 2. The van der Waals surface area contributed by atoms with E-state index in [1.807, 2.05) is 0 Å². The van der Waals surface area contributed by atoms with Crippen LogP contribution in [0, 0.1) is 18.2 Å². The zero-order chi connectivity index (χ0) is 7.90. The van der Waals surface area contributed by atoms with E-state index in [1.54, 1.807) is 0 Å². The molecule has 0 aromatic carbocycles. The Morgan fingerprint density at radius 1 is 1.73 bits per heavy atom. The van der Waals surface area contributed by atoms with Gasteiger partial charge >= 0.3 is 0 Å². The first kappa shape index (κ1) is 6.41. The largest absolute Gasteiger partial charge is 0.252 e. The normalized spacial score (nSPS) is 19.3. The Kier molecular flexibility index (Phi) is 1.08. The summed E-state index contributed by atoms with van der Waals surface area (Å²) in [5.41, 5.74) is -0.301. The average molecular weight is 150 g/mol. The highest BCUT2D eigenvalue weighted by Gasteiger charge is 2.43. The van der Waals surface area contributed by atoms with Crippen LogP contribution in [0.3, 0.4) is 0 Å². The van der Waals surface area contributed by atoms with Crippen LogP contribution in [0.2, 0.25) is 0 Å². The molecular formula is C8H7FN2. The zero-order valence-electron chi connectivity index (χ0n) is 5.92. The van der Waals surface area contributed by atoms with E-state index in [4.69, 9.17) is 6.42 Å². The van der Waals surface area contributed by atoms with Crippen molar-refractivity contribution in [3.8, 4) is 12.3 Å². The van der Waals surface area contributed by atoms with Gasteiger partial charge in [0, 0.05) is 0 Å². The summed E-state index contributed by atoms with van der Waals surface area (Å²) in [6.45, 7) is 0. The summed E-state index contributed by atoms with van der Waals surface area (Å²) in [6, 6.07) is 0. The molecule has 0 saturated heterocycles. The topological polar surface area (TPSA) is 17.8 Å². The fourth-order valence-electron chi connectivity index (χ4n) is 1.09. The molecule has 3 heteroatoms. The minimum Gasteiger partial charge on any atom is -0.252 e. The Balaban J connectivity index is 2.38. The van der Waals surface area contributed by atoms with E-state index in [9.17, 15) is 4.39 Å². The van der Waals surface area contributed by atoms with Crippen molar-refractivity contribution >= 4 is 0 Å². The number of hydrogen-bond acceptors (Lipinski definition) is 1. The van der Waals surface area contributed by atoms with Crippen LogP contribution in [-0.4, -0.2) is 9.78 Å². The highest BCUT2D eigenvalue weighted by Crippen LogP contribution is 2.41. The minimum absolute atomic E-state index is 0.301. The highest BCUT2D eigenvalue weighted by molar-refractivity contribution is 5.19. The molecule has 0 aliphatic heterocycles. The van der Waals surface area contributed by atoms with Crippen molar-refractivity contribution in [1.29, 1.82) is 0 Å². The van der Waals surface area contributed by atoms with Gasteiger partial charge in [0.25, 0.3) is 0 Å². The highest BCUT2D eigenvalue weighted by atomic mass is 19.1. The summed E-state index contributed by atoms with van der Waals surface area (Å²) in [6.07, 6.45) is 9.61.